The number of nitrogens with one attached hydrogen (secondary N) is 1. The molecular weight excluding hydrogens is 302 g/mol. The van der Waals surface area contributed by atoms with Crippen LogP contribution in [0.3, 0.4) is 0 Å². The van der Waals surface area contributed by atoms with Gasteiger partial charge in [0.05, 0.1) is 13.1 Å². The van der Waals surface area contributed by atoms with Gasteiger partial charge in [-0.15, -0.1) is 9.44 Å². The molecule has 1 heterocycles. The van der Waals surface area contributed by atoms with Crippen LogP contribution in [-0.2, 0) is 35.8 Å². The smallest absolute Gasteiger partial charge is 0.407 e. The van der Waals surface area contributed by atoms with Crippen molar-refractivity contribution in [2.24, 2.45) is 5.14 Å². The number of amides is 1. The molecule has 1 aliphatic heterocycles. The maximum absolute atomic E-state index is 11.7. The minimum absolute atomic E-state index is 0.397. The first-order chi connectivity index (χ1) is 10.2. The Morgan fingerprint density at radius 3 is 2.82 bits per heavy atom. The maximum atomic E-state index is 11.7. The van der Waals surface area contributed by atoms with Crippen molar-refractivity contribution in [2.45, 2.75) is 45.9 Å². The lowest BCUT2D eigenvalue weighted by molar-refractivity contribution is 0.0523. The van der Waals surface area contributed by atoms with Gasteiger partial charge >= 0.3 is 6.09 Å². The summed E-state index contributed by atoms with van der Waals surface area (Å²) in [7, 11) is 0. The summed E-state index contributed by atoms with van der Waals surface area (Å²) in [6.07, 6.45) is 0.396. The number of fused-ring (bicyclic) bond motifs is 1. The molecule has 0 saturated heterocycles. The van der Waals surface area contributed by atoms with Crippen LogP contribution in [0, 0.1) is 0 Å². The second-order valence-electron chi connectivity index (χ2n) is 6.35. The minimum Gasteiger partial charge on any atom is -0.579 e. The van der Waals surface area contributed by atoms with Crippen molar-refractivity contribution in [1.29, 1.82) is 0 Å². The van der Waals surface area contributed by atoms with E-state index < -0.39 is 23.2 Å². The number of carbonyl (C=O) groups excluding carboxylic acids is 1. The molecule has 0 aromatic heterocycles. The van der Waals surface area contributed by atoms with E-state index in [9.17, 15) is 9.35 Å². The van der Waals surface area contributed by atoms with Gasteiger partial charge < -0.3 is 14.6 Å². The summed E-state index contributed by atoms with van der Waals surface area (Å²) >= 11 is -1.44. The Bertz CT molecular complexity index is 543. The van der Waals surface area contributed by atoms with Gasteiger partial charge in [0.25, 0.3) is 0 Å². The molecule has 1 amide bonds. The summed E-state index contributed by atoms with van der Waals surface area (Å²) in [6.45, 7) is 7.14. The number of hydrogen-bond donors (Lipinski definition) is 2. The molecule has 0 radical (unpaired) electrons. The molecule has 1 atom stereocenters. The Balaban J connectivity index is 1.97. The van der Waals surface area contributed by atoms with E-state index in [1.54, 1.807) is 4.31 Å². The summed E-state index contributed by atoms with van der Waals surface area (Å²) in [6, 6.07) is 6.06. The molecule has 2 rings (SSSR count). The van der Waals surface area contributed by atoms with Crippen molar-refractivity contribution in [1.82, 2.24) is 9.62 Å². The molecule has 1 aromatic rings. The van der Waals surface area contributed by atoms with Gasteiger partial charge in [0, 0.05) is 6.54 Å². The third kappa shape index (κ3) is 4.88. The van der Waals surface area contributed by atoms with Gasteiger partial charge in [-0.1, -0.05) is 18.2 Å². The van der Waals surface area contributed by atoms with Gasteiger partial charge in [0.15, 0.2) is 0 Å². The van der Waals surface area contributed by atoms with E-state index in [-0.39, 0.29) is 0 Å². The largest absolute Gasteiger partial charge is 0.579 e. The average Bonchev–Trinajstić information content (AvgIpc) is 2.42. The SMILES string of the molecule is CC(C)(C)OC(=O)NCc1ccc2c(c1)CN([S+](N)[O-])CC2. The Hall–Kier alpha value is -1.28. The quantitative estimate of drug-likeness (QED) is 0.824. The number of rotatable bonds is 3. The molecule has 3 N–H and O–H groups in total. The van der Waals surface area contributed by atoms with Gasteiger partial charge in [-0.2, -0.15) is 0 Å². The molecular formula is C15H23N3O3S. The van der Waals surface area contributed by atoms with E-state index in [1.165, 1.54) is 5.56 Å². The van der Waals surface area contributed by atoms with E-state index >= 15 is 0 Å². The number of alkyl carbamates (subject to hydrolysis) is 1. The van der Waals surface area contributed by atoms with E-state index in [2.05, 4.69) is 11.4 Å². The molecule has 0 saturated carbocycles. The zero-order valence-electron chi connectivity index (χ0n) is 13.2. The first-order valence-electron chi connectivity index (χ1n) is 7.23. The van der Waals surface area contributed by atoms with E-state index in [0.29, 0.717) is 19.6 Å². The molecule has 1 aliphatic rings. The van der Waals surface area contributed by atoms with Crippen molar-refractivity contribution in [3.05, 3.63) is 34.9 Å². The van der Waals surface area contributed by atoms with Crippen molar-refractivity contribution in [2.75, 3.05) is 6.54 Å². The van der Waals surface area contributed by atoms with E-state index in [0.717, 1.165) is 17.5 Å². The van der Waals surface area contributed by atoms with Crippen LogP contribution < -0.4 is 10.5 Å². The molecule has 6 nitrogen and oxygen atoms in total. The fraction of sp³-hybridized carbons (Fsp3) is 0.533. The summed E-state index contributed by atoms with van der Waals surface area (Å²) in [5.41, 5.74) is 2.82. The molecule has 0 fully saturated rings. The minimum atomic E-state index is -1.44. The molecule has 0 aliphatic carbocycles. The lowest BCUT2D eigenvalue weighted by Gasteiger charge is -2.26. The molecule has 22 heavy (non-hydrogen) atoms. The highest BCUT2D eigenvalue weighted by molar-refractivity contribution is 7.86. The third-order valence-corrected chi connectivity index (χ3v) is 4.16. The summed E-state index contributed by atoms with van der Waals surface area (Å²) in [5.74, 6) is 0. The van der Waals surface area contributed by atoms with E-state index in [1.807, 2.05) is 32.9 Å². The molecule has 1 unspecified atom stereocenters. The van der Waals surface area contributed by atoms with Crippen LogP contribution in [0.25, 0.3) is 0 Å². The number of hydrogen-bond acceptors (Lipinski definition) is 5. The van der Waals surface area contributed by atoms with Crippen molar-refractivity contribution in [3.8, 4) is 0 Å². The Morgan fingerprint density at radius 2 is 2.18 bits per heavy atom. The van der Waals surface area contributed by atoms with Crippen LogP contribution >= 0.6 is 0 Å². The normalized spacial score (nSPS) is 16.8. The zero-order valence-corrected chi connectivity index (χ0v) is 14.0. The number of benzene rings is 1. The maximum Gasteiger partial charge on any atom is 0.407 e. The van der Waals surface area contributed by atoms with E-state index in [4.69, 9.17) is 9.88 Å². The number of nitrogens with zero attached hydrogens (tertiary/aromatic N) is 1. The lowest BCUT2D eigenvalue weighted by atomic mass is 9.98. The molecule has 0 bridgehead atoms. The summed E-state index contributed by atoms with van der Waals surface area (Å²) in [5, 5.41) is 8.18. The number of nitrogens with two attached hydrogens (primary N) is 1. The first kappa shape index (κ1) is 17.1. The monoisotopic (exact) mass is 325 g/mol. The molecule has 122 valence electrons. The highest BCUT2D eigenvalue weighted by Crippen LogP contribution is 2.21. The second-order valence-corrected chi connectivity index (χ2v) is 7.42. The fourth-order valence-electron chi connectivity index (χ4n) is 2.34. The first-order valence-corrected chi connectivity index (χ1v) is 8.40. The topological polar surface area (TPSA) is 90.7 Å². The number of carbonyl (C=O) groups is 1. The van der Waals surface area contributed by atoms with Crippen molar-refractivity contribution >= 4 is 17.6 Å². The predicted octanol–water partition coefficient (Wildman–Crippen LogP) is 1.61. The van der Waals surface area contributed by atoms with Crippen LogP contribution in [0.1, 0.15) is 37.5 Å². The zero-order chi connectivity index (χ0) is 16.3. The van der Waals surface area contributed by atoms with Gasteiger partial charge in [-0.3, -0.25) is 0 Å². The van der Waals surface area contributed by atoms with Gasteiger partial charge in [0.2, 0.25) is 0 Å². The summed E-state index contributed by atoms with van der Waals surface area (Å²) in [4.78, 5) is 11.7. The standard InChI is InChI=1S/C15H23N3O3S/c1-15(2,3)21-14(19)17-9-11-4-5-12-6-7-18(22(16)20)10-13(12)8-11/h4-5,8H,6-7,9-10,16H2,1-3H3,(H,17,19). The van der Waals surface area contributed by atoms with Crippen LogP contribution in [0.5, 0.6) is 0 Å². The number of ether oxygens (including phenoxy) is 1. The van der Waals surface area contributed by atoms with Gasteiger partial charge in [-0.25, -0.2) is 4.79 Å². The Labute approximate surface area is 134 Å². The lowest BCUT2D eigenvalue weighted by Crippen LogP contribution is -2.40. The van der Waals surface area contributed by atoms with Gasteiger partial charge in [-0.05, 0) is 43.9 Å². The van der Waals surface area contributed by atoms with Crippen LogP contribution in [-0.4, -0.2) is 27.1 Å². The average molecular weight is 325 g/mol. The fourth-order valence-corrected chi connectivity index (χ4v) is 2.87. The van der Waals surface area contributed by atoms with Crippen molar-refractivity contribution < 1.29 is 14.1 Å². The van der Waals surface area contributed by atoms with Crippen molar-refractivity contribution in [3.63, 3.8) is 0 Å². The van der Waals surface area contributed by atoms with Crippen LogP contribution in [0.2, 0.25) is 0 Å². The summed E-state index contributed by atoms with van der Waals surface area (Å²) < 4.78 is 18.3. The molecule has 7 heteroatoms. The third-order valence-electron chi connectivity index (χ3n) is 3.34. The van der Waals surface area contributed by atoms with Crippen LogP contribution in [0.15, 0.2) is 18.2 Å². The Kier molecular flexibility index (Phi) is 5.33. The molecule has 0 spiro atoms. The molecule has 1 aromatic carbocycles. The highest BCUT2D eigenvalue weighted by atomic mass is 32.2. The highest BCUT2D eigenvalue weighted by Gasteiger charge is 2.23. The second kappa shape index (κ2) is 6.87. The Morgan fingerprint density at radius 1 is 1.45 bits per heavy atom. The van der Waals surface area contributed by atoms with Gasteiger partial charge in [0.1, 0.15) is 17.1 Å². The predicted molar refractivity (Wildman–Crippen MR) is 86.0 cm³/mol. The van der Waals surface area contributed by atoms with Crippen LogP contribution in [0.4, 0.5) is 4.79 Å².